The molecule has 1 atom stereocenters. The third kappa shape index (κ3) is 3.00. The maximum Gasteiger partial charge on any atom is 0.106 e. The van der Waals surface area contributed by atoms with E-state index in [-0.39, 0.29) is 0 Å². The van der Waals surface area contributed by atoms with Crippen LogP contribution in [0.2, 0.25) is 0 Å². The number of aromatic nitrogens is 1. The first-order chi connectivity index (χ1) is 7.25. The van der Waals surface area contributed by atoms with Gasteiger partial charge in [0, 0.05) is 25.3 Å². The van der Waals surface area contributed by atoms with Crippen LogP contribution in [0.4, 0.5) is 0 Å². The second-order valence-electron chi connectivity index (χ2n) is 4.05. The van der Waals surface area contributed by atoms with E-state index < -0.39 is 0 Å². The molecule has 0 bridgehead atoms. The highest BCUT2D eigenvalue weighted by molar-refractivity contribution is 9.10. The number of nitrogens with one attached hydrogen (secondary N) is 1. The first-order valence-corrected chi connectivity index (χ1v) is 6.06. The van der Waals surface area contributed by atoms with E-state index in [1.54, 1.807) is 0 Å². The summed E-state index contributed by atoms with van der Waals surface area (Å²) < 4.78 is 0.899. The van der Waals surface area contributed by atoms with Crippen LogP contribution in [0, 0.1) is 0 Å². The molecular formula is C11H16BrN3. The molecule has 0 radical (unpaired) electrons. The lowest BCUT2D eigenvalue weighted by Crippen LogP contribution is -2.32. The third-order valence-corrected chi connectivity index (χ3v) is 3.35. The molecule has 2 rings (SSSR count). The molecule has 4 heteroatoms. The van der Waals surface area contributed by atoms with E-state index in [0.29, 0.717) is 6.04 Å². The van der Waals surface area contributed by atoms with Gasteiger partial charge in [0.05, 0.1) is 0 Å². The minimum atomic E-state index is 0.675. The van der Waals surface area contributed by atoms with Crippen molar-refractivity contribution < 1.29 is 0 Å². The van der Waals surface area contributed by atoms with Crippen LogP contribution < -0.4 is 5.32 Å². The number of hydrogen-bond acceptors (Lipinski definition) is 3. The Hall–Kier alpha value is -0.450. The van der Waals surface area contributed by atoms with Gasteiger partial charge in [-0.25, -0.2) is 4.98 Å². The number of likely N-dealkylation sites (N-methyl/N-ethyl adjacent to an activating group) is 1. The maximum absolute atomic E-state index is 4.23. The van der Waals surface area contributed by atoms with Crippen LogP contribution in [-0.4, -0.2) is 36.1 Å². The van der Waals surface area contributed by atoms with Gasteiger partial charge in [-0.05, 0) is 47.6 Å². The molecule has 1 aliphatic heterocycles. The maximum atomic E-state index is 4.23. The monoisotopic (exact) mass is 269 g/mol. The van der Waals surface area contributed by atoms with Gasteiger partial charge >= 0.3 is 0 Å². The minimum absolute atomic E-state index is 0.675. The molecule has 0 unspecified atom stereocenters. The molecule has 1 fully saturated rings. The Balaban J connectivity index is 1.92. The summed E-state index contributed by atoms with van der Waals surface area (Å²) in [5.74, 6) is 0. The summed E-state index contributed by atoms with van der Waals surface area (Å²) in [5, 5.41) is 3.38. The zero-order chi connectivity index (χ0) is 10.7. The fraction of sp³-hybridized carbons (Fsp3) is 0.545. The van der Waals surface area contributed by atoms with Crippen molar-refractivity contribution in [2.45, 2.75) is 19.0 Å². The molecule has 0 amide bonds. The Morgan fingerprint density at radius 2 is 2.47 bits per heavy atom. The predicted octanol–water partition coefficient (Wildman–Crippen LogP) is 1.64. The van der Waals surface area contributed by atoms with Crippen LogP contribution in [-0.2, 0) is 6.54 Å². The average molecular weight is 270 g/mol. The fourth-order valence-corrected chi connectivity index (χ4v) is 2.17. The van der Waals surface area contributed by atoms with Gasteiger partial charge in [0.25, 0.3) is 0 Å². The van der Waals surface area contributed by atoms with E-state index in [4.69, 9.17) is 0 Å². The number of halogens is 1. The van der Waals surface area contributed by atoms with Gasteiger partial charge in [-0.15, -0.1) is 0 Å². The molecule has 1 saturated heterocycles. The van der Waals surface area contributed by atoms with E-state index in [2.05, 4.69) is 44.2 Å². The van der Waals surface area contributed by atoms with Crippen molar-refractivity contribution in [3.05, 3.63) is 28.5 Å². The Morgan fingerprint density at radius 1 is 1.60 bits per heavy atom. The molecule has 0 saturated carbocycles. The summed E-state index contributed by atoms with van der Waals surface area (Å²) in [6.45, 7) is 3.24. The first kappa shape index (κ1) is 11.0. The molecule has 1 aromatic rings. The lowest BCUT2D eigenvalue weighted by Gasteiger charge is -2.23. The van der Waals surface area contributed by atoms with Crippen LogP contribution in [0.15, 0.2) is 22.9 Å². The molecule has 0 aromatic carbocycles. The lowest BCUT2D eigenvalue weighted by molar-refractivity contribution is 0.248. The van der Waals surface area contributed by atoms with E-state index in [0.717, 1.165) is 24.2 Å². The molecule has 0 spiro atoms. The fourth-order valence-electron chi connectivity index (χ4n) is 1.93. The largest absolute Gasteiger partial charge is 0.315 e. The van der Waals surface area contributed by atoms with Gasteiger partial charge in [0.2, 0.25) is 0 Å². The summed E-state index contributed by atoms with van der Waals surface area (Å²) in [7, 11) is 2.18. The lowest BCUT2D eigenvalue weighted by atomic mass is 10.2. The molecule has 82 valence electrons. The van der Waals surface area contributed by atoms with Crippen molar-refractivity contribution in [3.8, 4) is 0 Å². The van der Waals surface area contributed by atoms with Gasteiger partial charge in [-0.2, -0.15) is 0 Å². The SMILES string of the molecule is CN(Cc1ccc(Br)nc1)[C@H]1CCNC1. The van der Waals surface area contributed by atoms with Crippen molar-refractivity contribution in [2.75, 3.05) is 20.1 Å². The zero-order valence-corrected chi connectivity index (χ0v) is 10.5. The van der Waals surface area contributed by atoms with Crippen LogP contribution in [0.1, 0.15) is 12.0 Å². The van der Waals surface area contributed by atoms with E-state index in [9.17, 15) is 0 Å². The van der Waals surface area contributed by atoms with Crippen LogP contribution in [0.25, 0.3) is 0 Å². The van der Waals surface area contributed by atoms with Gasteiger partial charge in [-0.1, -0.05) is 6.07 Å². The summed E-state index contributed by atoms with van der Waals surface area (Å²) in [5.41, 5.74) is 1.27. The molecule has 1 N–H and O–H groups in total. The normalized spacial score (nSPS) is 21.1. The Kier molecular flexibility index (Phi) is 3.72. The molecule has 0 aliphatic carbocycles. The number of rotatable bonds is 3. The minimum Gasteiger partial charge on any atom is -0.315 e. The molecule has 3 nitrogen and oxygen atoms in total. The second kappa shape index (κ2) is 5.05. The Morgan fingerprint density at radius 3 is 3.07 bits per heavy atom. The van der Waals surface area contributed by atoms with Crippen LogP contribution in [0.5, 0.6) is 0 Å². The smallest absolute Gasteiger partial charge is 0.106 e. The van der Waals surface area contributed by atoms with Crippen molar-refractivity contribution in [1.29, 1.82) is 0 Å². The van der Waals surface area contributed by atoms with Gasteiger partial charge in [0.1, 0.15) is 4.60 Å². The molecule has 2 heterocycles. The van der Waals surface area contributed by atoms with E-state index >= 15 is 0 Å². The van der Waals surface area contributed by atoms with Gasteiger partial charge in [-0.3, -0.25) is 4.90 Å². The van der Waals surface area contributed by atoms with Crippen molar-refractivity contribution in [2.24, 2.45) is 0 Å². The number of pyridine rings is 1. The summed E-state index contributed by atoms with van der Waals surface area (Å²) >= 11 is 3.34. The average Bonchev–Trinajstić information content (AvgIpc) is 2.74. The van der Waals surface area contributed by atoms with E-state index in [1.165, 1.54) is 12.0 Å². The Labute approximate surface area is 99.0 Å². The first-order valence-electron chi connectivity index (χ1n) is 5.27. The van der Waals surface area contributed by atoms with Gasteiger partial charge < -0.3 is 5.32 Å². The summed E-state index contributed by atoms with van der Waals surface area (Å²) in [6, 6.07) is 4.79. The molecule has 1 aromatic heterocycles. The highest BCUT2D eigenvalue weighted by atomic mass is 79.9. The number of nitrogens with zero attached hydrogens (tertiary/aromatic N) is 2. The highest BCUT2D eigenvalue weighted by Crippen LogP contribution is 2.12. The topological polar surface area (TPSA) is 28.2 Å². The van der Waals surface area contributed by atoms with E-state index in [1.807, 2.05) is 12.3 Å². The summed E-state index contributed by atoms with van der Waals surface area (Å²) in [6.07, 6.45) is 3.18. The quantitative estimate of drug-likeness (QED) is 0.846. The summed E-state index contributed by atoms with van der Waals surface area (Å²) in [4.78, 5) is 6.63. The second-order valence-corrected chi connectivity index (χ2v) is 4.86. The van der Waals surface area contributed by atoms with Crippen molar-refractivity contribution in [1.82, 2.24) is 15.2 Å². The Bertz CT molecular complexity index is 306. The van der Waals surface area contributed by atoms with Crippen molar-refractivity contribution >= 4 is 15.9 Å². The van der Waals surface area contributed by atoms with Crippen molar-refractivity contribution in [3.63, 3.8) is 0 Å². The third-order valence-electron chi connectivity index (χ3n) is 2.88. The molecule has 15 heavy (non-hydrogen) atoms. The molecular weight excluding hydrogens is 254 g/mol. The molecule has 1 aliphatic rings. The van der Waals surface area contributed by atoms with Gasteiger partial charge in [0.15, 0.2) is 0 Å². The standard InChI is InChI=1S/C11H16BrN3/c1-15(10-4-5-13-7-10)8-9-2-3-11(12)14-6-9/h2-3,6,10,13H,4-5,7-8H2,1H3/t10-/m0/s1. The zero-order valence-electron chi connectivity index (χ0n) is 8.91. The number of hydrogen-bond donors (Lipinski definition) is 1. The van der Waals surface area contributed by atoms with Crippen LogP contribution in [0.3, 0.4) is 0 Å². The predicted molar refractivity (Wildman–Crippen MR) is 64.7 cm³/mol. The highest BCUT2D eigenvalue weighted by Gasteiger charge is 2.18. The van der Waals surface area contributed by atoms with Crippen LogP contribution >= 0.6 is 15.9 Å².